The third-order valence-corrected chi connectivity index (χ3v) is 4.63. The minimum Gasteiger partial charge on any atom is -0.394 e. The van der Waals surface area contributed by atoms with Crippen LogP contribution in [0.25, 0.3) is 0 Å². The van der Waals surface area contributed by atoms with Crippen molar-refractivity contribution in [3.63, 3.8) is 0 Å². The van der Waals surface area contributed by atoms with Gasteiger partial charge in [0.1, 0.15) is 5.69 Å². The SMILES string of the molecule is O=C1CN(c2ccnc(C(=O)NC(CO)CC(O)c3ccccc3)c2)CCN1. The number of carbonyl (C=O) groups excluding carboxylic acids is 2. The molecule has 3 rings (SSSR count). The number of aliphatic hydroxyl groups is 2. The molecular weight excluding hydrogens is 360 g/mol. The van der Waals surface area contributed by atoms with Crippen LogP contribution in [0.4, 0.5) is 5.69 Å². The predicted octanol–water partition coefficient (Wildman–Crippen LogP) is 0.232. The molecule has 148 valence electrons. The van der Waals surface area contributed by atoms with Crippen LogP contribution in [0.15, 0.2) is 48.7 Å². The van der Waals surface area contributed by atoms with Gasteiger partial charge >= 0.3 is 0 Å². The summed E-state index contributed by atoms with van der Waals surface area (Å²) in [6.45, 7) is 1.13. The molecule has 1 aliphatic heterocycles. The quantitative estimate of drug-likeness (QED) is 0.543. The summed E-state index contributed by atoms with van der Waals surface area (Å²) in [5.41, 5.74) is 1.65. The van der Waals surface area contributed by atoms with E-state index in [2.05, 4.69) is 15.6 Å². The van der Waals surface area contributed by atoms with E-state index in [1.54, 1.807) is 24.3 Å². The summed E-state index contributed by atoms with van der Waals surface area (Å²) in [6, 6.07) is 11.8. The molecule has 2 amide bonds. The molecule has 0 bridgehead atoms. The van der Waals surface area contributed by atoms with E-state index in [9.17, 15) is 19.8 Å². The maximum absolute atomic E-state index is 12.6. The molecule has 28 heavy (non-hydrogen) atoms. The topological polar surface area (TPSA) is 115 Å². The lowest BCUT2D eigenvalue weighted by molar-refractivity contribution is -0.120. The monoisotopic (exact) mass is 384 g/mol. The number of piperazine rings is 1. The van der Waals surface area contributed by atoms with E-state index >= 15 is 0 Å². The minimum atomic E-state index is -0.801. The largest absolute Gasteiger partial charge is 0.394 e. The number of pyridine rings is 1. The Hall–Kier alpha value is -2.97. The average Bonchev–Trinajstić information content (AvgIpc) is 2.73. The molecule has 8 nitrogen and oxygen atoms in total. The summed E-state index contributed by atoms with van der Waals surface area (Å²) >= 11 is 0. The summed E-state index contributed by atoms with van der Waals surface area (Å²) < 4.78 is 0. The molecular formula is C20H24N4O4. The summed E-state index contributed by atoms with van der Waals surface area (Å²) in [7, 11) is 0. The third kappa shape index (κ3) is 5.05. The molecule has 1 aromatic carbocycles. The maximum atomic E-state index is 12.6. The van der Waals surface area contributed by atoms with E-state index in [1.165, 1.54) is 6.20 Å². The first kappa shape index (κ1) is 19.8. The molecule has 0 aliphatic carbocycles. The number of nitrogens with one attached hydrogen (secondary N) is 2. The summed E-state index contributed by atoms with van der Waals surface area (Å²) in [6.07, 6.45) is 0.895. The van der Waals surface area contributed by atoms with Gasteiger partial charge < -0.3 is 25.7 Å². The molecule has 0 radical (unpaired) electrons. The molecule has 1 saturated heterocycles. The van der Waals surface area contributed by atoms with Gasteiger partial charge in [-0.1, -0.05) is 30.3 Å². The molecule has 2 aromatic rings. The zero-order valence-corrected chi connectivity index (χ0v) is 15.4. The Labute approximate surface area is 163 Å². The first-order chi connectivity index (χ1) is 13.6. The minimum absolute atomic E-state index is 0.0655. The van der Waals surface area contributed by atoms with Crippen LogP contribution in [0.3, 0.4) is 0 Å². The fraction of sp³-hybridized carbons (Fsp3) is 0.350. The molecule has 8 heteroatoms. The Morgan fingerprint density at radius 3 is 2.79 bits per heavy atom. The molecule has 1 aliphatic rings. The van der Waals surface area contributed by atoms with Gasteiger partial charge in [0.25, 0.3) is 5.91 Å². The fourth-order valence-electron chi connectivity index (χ4n) is 3.12. The molecule has 1 fully saturated rings. The predicted molar refractivity (Wildman–Crippen MR) is 104 cm³/mol. The molecule has 0 saturated carbocycles. The highest BCUT2D eigenvalue weighted by Gasteiger charge is 2.21. The van der Waals surface area contributed by atoms with Gasteiger partial charge in [-0.3, -0.25) is 14.6 Å². The van der Waals surface area contributed by atoms with E-state index in [1.807, 2.05) is 23.1 Å². The number of nitrogens with zero attached hydrogens (tertiary/aromatic N) is 2. The van der Waals surface area contributed by atoms with Crippen LogP contribution in [-0.2, 0) is 4.79 Å². The Kier molecular flexibility index (Phi) is 6.57. The van der Waals surface area contributed by atoms with Crippen molar-refractivity contribution in [3.8, 4) is 0 Å². The Bertz CT molecular complexity index is 815. The average molecular weight is 384 g/mol. The number of hydrogen-bond acceptors (Lipinski definition) is 6. The number of aliphatic hydroxyl groups excluding tert-OH is 2. The van der Waals surface area contributed by atoms with Gasteiger partial charge in [-0.15, -0.1) is 0 Å². The summed E-state index contributed by atoms with van der Waals surface area (Å²) in [4.78, 5) is 30.1. The number of anilines is 1. The van der Waals surface area contributed by atoms with Crippen molar-refractivity contribution in [3.05, 3.63) is 59.9 Å². The van der Waals surface area contributed by atoms with Crippen molar-refractivity contribution in [2.45, 2.75) is 18.6 Å². The number of amides is 2. The van der Waals surface area contributed by atoms with Crippen molar-refractivity contribution < 1.29 is 19.8 Å². The van der Waals surface area contributed by atoms with E-state index < -0.39 is 18.1 Å². The lowest BCUT2D eigenvalue weighted by Crippen LogP contribution is -2.47. The van der Waals surface area contributed by atoms with Crippen LogP contribution in [-0.4, -0.2) is 59.3 Å². The fourth-order valence-corrected chi connectivity index (χ4v) is 3.12. The first-order valence-corrected chi connectivity index (χ1v) is 9.19. The number of aromatic nitrogens is 1. The van der Waals surface area contributed by atoms with Crippen molar-refractivity contribution in [2.24, 2.45) is 0 Å². The van der Waals surface area contributed by atoms with Gasteiger partial charge in [0.15, 0.2) is 0 Å². The number of carbonyl (C=O) groups is 2. The van der Waals surface area contributed by atoms with Crippen molar-refractivity contribution >= 4 is 17.5 Å². The van der Waals surface area contributed by atoms with Crippen molar-refractivity contribution in [1.29, 1.82) is 0 Å². The van der Waals surface area contributed by atoms with Crippen LogP contribution in [0.5, 0.6) is 0 Å². The van der Waals surface area contributed by atoms with Crippen LogP contribution < -0.4 is 15.5 Å². The third-order valence-electron chi connectivity index (χ3n) is 4.63. The first-order valence-electron chi connectivity index (χ1n) is 9.19. The smallest absolute Gasteiger partial charge is 0.270 e. The zero-order valence-electron chi connectivity index (χ0n) is 15.4. The van der Waals surface area contributed by atoms with Gasteiger partial charge in [0.2, 0.25) is 5.91 Å². The number of benzene rings is 1. The normalized spacial score (nSPS) is 16.2. The van der Waals surface area contributed by atoms with Gasteiger partial charge in [-0.05, 0) is 24.1 Å². The second kappa shape index (κ2) is 9.29. The molecule has 2 heterocycles. The highest BCUT2D eigenvalue weighted by molar-refractivity contribution is 5.93. The lowest BCUT2D eigenvalue weighted by Gasteiger charge is -2.28. The summed E-state index contributed by atoms with van der Waals surface area (Å²) in [5, 5.41) is 25.4. The lowest BCUT2D eigenvalue weighted by atomic mass is 10.0. The Balaban J connectivity index is 1.64. The van der Waals surface area contributed by atoms with Gasteiger partial charge in [-0.25, -0.2) is 0 Å². The number of hydrogen-bond donors (Lipinski definition) is 4. The highest BCUT2D eigenvalue weighted by Crippen LogP contribution is 2.19. The van der Waals surface area contributed by atoms with Crippen molar-refractivity contribution in [2.75, 3.05) is 31.1 Å². The second-order valence-corrected chi connectivity index (χ2v) is 6.69. The molecule has 1 aromatic heterocycles. The molecule has 2 atom stereocenters. The van der Waals surface area contributed by atoms with E-state index in [-0.39, 0.29) is 31.2 Å². The van der Waals surface area contributed by atoms with Gasteiger partial charge in [-0.2, -0.15) is 0 Å². The van der Waals surface area contributed by atoms with E-state index in [4.69, 9.17) is 0 Å². The second-order valence-electron chi connectivity index (χ2n) is 6.69. The van der Waals surface area contributed by atoms with E-state index in [0.717, 1.165) is 11.3 Å². The van der Waals surface area contributed by atoms with E-state index in [0.29, 0.717) is 13.1 Å². The van der Waals surface area contributed by atoms with Crippen LogP contribution in [0.1, 0.15) is 28.6 Å². The van der Waals surface area contributed by atoms with Crippen LogP contribution >= 0.6 is 0 Å². The van der Waals surface area contributed by atoms with Gasteiger partial charge in [0, 0.05) is 25.0 Å². The highest BCUT2D eigenvalue weighted by atomic mass is 16.3. The Morgan fingerprint density at radius 1 is 1.29 bits per heavy atom. The Morgan fingerprint density at radius 2 is 2.07 bits per heavy atom. The van der Waals surface area contributed by atoms with Crippen molar-refractivity contribution in [1.82, 2.24) is 15.6 Å². The van der Waals surface area contributed by atoms with Gasteiger partial charge in [0.05, 0.1) is 25.3 Å². The zero-order chi connectivity index (χ0) is 19.9. The number of rotatable bonds is 7. The standard InChI is InChI=1S/C20H24N4O4/c25-13-15(10-18(26)14-4-2-1-3-5-14)23-20(28)17-11-16(6-7-21-17)24-9-8-22-19(27)12-24/h1-7,11,15,18,25-26H,8-10,12-13H2,(H,22,27)(H,23,28). The molecule has 0 spiro atoms. The summed E-state index contributed by atoms with van der Waals surface area (Å²) in [5.74, 6) is -0.507. The van der Waals surface area contributed by atoms with Crippen LogP contribution in [0.2, 0.25) is 0 Å². The van der Waals surface area contributed by atoms with Crippen LogP contribution in [0, 0.1) is 0 Å². The maximum Gasteiger partial charge on any atom is 0.270 e. The molecule has 2 unspecified atom stereocenters. The molecule has 4 N–H and O–H groups in total.